The first-order valence-electron chi connectivity index (χ1n) is 16.3. The van der Waals surface area contributed by atoms with Crippen LogP contribution in [0, 0.1) is 5.41 Å². The second-order valence-corrected chi connectivity index (χ2v) is 14.5. The molecule has 11 nitrogen and oxygen atoms in total. The molecule has 50 heavy (non-hydrogen) atoms. The van der Waals surface area contributed by atoms with E-state index in [2.05, 4.69) is 10.3 Å². The van der Waals surface area contributed by atoms with E-state index in [0.29, 0.717) is 45.7 Å². The Hall–Kier alpha value is -5.03. The van der Waals surface area contributed by atoms with Crippen molar-refractivity contribution < 1.29 is 33.0 Å². The predicted molar refractivity (Wildman–Crippen MR) is 188 cm³/mol. The van der Waals surface area contributed by atoms with Crippen molar-refractivity contribution in [1.82, 2.24) is 15.0 Å². The quantitative estimate of drug-likeness (QED) is 0.0749. The number of halogens is 1. The first-order valence-corrected chi connectivity index (χ1v) is 16.6. The maximum atomic E-state index is 14.1. The summed E-state index contributed by atoms with van der Waals surface area (Å²) in [6.45, 7) is 10.1. The Balaban J connectivity index is 1.45. The van der Waals surface area contributed by atoms with Crippen LogP contribution in [0.4, 0.5) is 0 Å². The number of nitrogens with zero attached hydrogens (tertiary/aromatic N) is 3. The molecule has 0 aliphatic heterocycles. The molecule has 0 atom stereocenters. The highest BCUT2D eigenvalue weighted by Crippen LogP contribution is 2.37. The van der Waals surface area contributed by atoms with E-state index in [0.717, 1.165) is 10.2 Å². The molecule has 0 fully saturated rings. The molecule has 2 heterocycles. The van der Waals surface area contributed by atoms with E-state index in [1.54, 1.807) is 84.0 Å². The number of ketones is 1. The van der Waals surface area contributed by atoms with E-state index in [4.69, 9.17) is 30.2 Å². The predicted octanol–water partition coefficient (Wildman–Crippen LogP) is 7.15. The number of hydrogen-bond donors (Lipinski definition) is 0. The molecular weight excluding hydrogens is 662 g/mol. The van der Waals surface area contributed by atoms with Gasteiger partial charge in [-0.15, -0.1) is 5.10 Å². The average Bonchev–Trinajstić information content (AvgIpc) is 3.47. The zero-order valence-corrected chi connectivity index (χ0v) is 29.7. The molecule has 0 aliphatic rings. The lowest BCUT2D eigenvalue weighted by molar-refractivity contribution is -0.186. The summed E-state index contributed by atoms with van der Waals surface area (Å²) in [4.78, 5) is 55.5. The van der Waals surface area contributed by atoms with Gasteiger partial charge in [0.2, 0.25) is 0 Å². The smallest absolute Gasteiger partial charge is 0.324 e. The third-order valence-corrected chi connectivity index (χ3v) is 8.01. The molecule has 0 bridgehead atoms. The fraction of sp³-hybridized carbons (Fsp3) is 0.368. The summed E-state index contributed by atoms with van der Waals surface area (Å²) < 4.78 is 24.4. The van der Waals surface area contributed by atoms with Crippen molar-refractivity contribution in [2.24, 2.45) is 5.41 Å². The van der Waals surface area contributed by atoms with Gasteiger partial charge in [0.1, 0.15) is 28.1 Å². The number of rotatable bonds is 12. The van der Waals surface area contributed by atoms with Gasteiger partial charge in [0.05, 0.1) is 12.0 Å². The molecule has 0 unspecified atom stereocenters. The van der Waals surface area contributed by atoms with Gasteiger partial charge in [-0.3, -0.25) is 19.2 Å². The zero-order valence-electron chi connectivity index (χ0n) is 28.9. The van der Waals surface area contributed by atoms with E-state index >= 15 is 0 Å². The van der Waals surface area contributed by atoms with Gasteiger partial charge < -0.3 is 18.6 Å². The van der Waals surface area contributed by atoms with Crippen molar-refractivity contribution in [2.75, 3.05) is 6.61 Å². The normalized spacial score (nSPS) is 12.2. The SMILES string of the molecule is CC(C)(C)OC(=O)C(CCn1nnc2ccccc2c1=O)(CC(=O)c1cc2cc(OCCc3ccc(Cl)cc3)ccc2o1)C(=O)OC(C)(C)C. The third-order valence-electron chi connectivity index (χ3n) is 7.76. The number of ether oxygens (including phenoxy) is 3. The van der Waals surface area contributed by atoms with Crippen molar-refractivity contribution in [1.29, 1.82) is 0 Å². The highest BCUT2D eigenvalue weighted by Gasteiger charge is 2.53. The van der Waals surface area contributed by atoms with Crippen LogP contribution < -0.4 is 10.3 Å². The third kappa shape index (κ3) is 8.76. The Labute approximate surface area is 294 Å². The van der Waals surface area contributed by atoms with Gasteiger partial charge in [-0.05, 0) is 102 Å². The van der Waals surface area contributed by atoms with Gasteiger partial charge in [-0.2, -0.15) is 0 Å². The Morgan fingerprint density at radius 2 is 1.52 bits per heavy atom. The number of benzene rings is 3. The first-order chi connectivity index (χ1) is 23.5. The highest BCUT2D eigenvalue weighted by atomic mass is 35.5. The van der Waals surface area contributed by atoms with Crippen molar-refractivity contribution in [3.8, 4) is 5.75 Å². The van der Waals surface area contributed by atoms with E-state index in [1.165, 1.54) is 6.07 Å². The van der Waals surface area contributed by atoms with E-state index < -0.39 is 46.3 Å². The minimum atomic E-state index is -2.17. The molecule has 0 saturated heterocycles. The zero-order chi connectivity index (χ0) is 36.3. The summed E-state index contributed by atoms with van der Waals surface area (Å²) in [5, 5.41) is 9.70. The molecule has 262 valence electrons. The van der Waals surface area contributed by atoms with Crippen molar-refractivity contribution in [2.45, 2.75) is 78.6 Å². The van der Waals surface area contributed by atoms with Crippen LogP contribution in [-0.2, 0) is 32.0 Å². The van der Waals surface area contributed by atoms with E-state index in [1.807, 2.05) is 24.3 Å². The van der Waals surface area contributed by atoms with Gasteiger partial charge in [0, 0.05) is 29.8 Å². The number of aryl methyl sites for hydroxylation is 1. The Bertz CT molecular complexity index is 2060. The number of fused-ring (bicyclic) bond motifs is 2. The van der Waals surface area contributed by atoms with E-state index in [-0.39, 0.29) is 18.7 Å². The summed E-state index contributed by atoms with van der Waals surface area (Å²) in [6.07, 6.45) is -0.336. The number of carbonyl (C=O) groups is 3. The number of esters is 2. The maximum Gasteiger partial charge on any atom is 0.324 e. The van der Waals surface area contributed by atoms with Crippen LogP contribution in [0.25, 0.3) is 21.9 Å². The van der Waals surface area contributed by atoms with Gasteiger partial charge in [-0.25, -0.2) is 4.68 Å². The number of carbonyl (C=O) groups excluding carboxylic acids is 3. The largest absolute Gasteiger partial charge is 0.493 e. The fourth-order valence-electron chi connectivity index (χ4n) is 5.29. The van der Waals surface area contributed by atoms with Crippen LogP contribution in [0.3, 0.4) is 0 Å². The van der Waals surface area contributed by atoms with Crippen LogP contribution >= 0.6 is 11.6 Å². The molecule has 5 aromatic rings. The highest BCUT2D eigenvalue weighted by molar-refractivity contribution is 6.30. The molecule has 0 radical (unpaired) electrons. The molecule has 5 rings (SSSR count). The Kier molecular flexibility index (Phi) is 10.5. The second-order valence-electron chi connectivity index (χ2n) is 14.1. The molecule has 3 aromatic carbocycles. The van der Waals surface area contributed by atoms with Crippen LogP contribution in [0.2, 0.25) is 5.02 Å². The number of hydrogen-bond acceptors (Lipinski definition) is 10. The monoisotopic (exact) mass is 701 g/mol. The topological polar surface area (TPSA) is 140 Å². The number of aromatic nitrogens is 3. The average molecular weight is 702 g/mol. The van der Waals surface area contributed by atoms with Gasteiger partial charge >= 0.3 is 11.9 Å². The summed E-state index contributed by atoms with van der Waals surface area (Å²) >= 11 is 5.98. The minimum absolute atomic E-state index is 0.0718. The number of Topliss-reactive ketones (excluding diaryl/α,β-unsaturated/α-hetero) is 1. The molecular formula is C38H40ClN3O8. The van der Waals surface area contributed by atoms with Crippen LogP contribution in [0.1, 0.15) is 70.5 Å². The summed E-state index contributed by atoms with van der Waals surface area (Å²) in [7, 11) is 0. The van der Waals surface area contributed by atoms with Crippen LogP contribution in [-0.4, -0.2) is 50.5 Å². The molecule has 0 amide bonds. The van der Waals surface area contributed by atoms with Crippen LogP contribution in [0.5, 0.6) is 5.75 Å². The second kappa shape index (κ2) is 14.4. The lowest BCUT2D eigenvalue weighted by atomic mass is 9.78. The maximum absolute atomic E-state index is 14.1. The van der Waals surface area contributed by atoms with Crippen molar-refractivity contribution >= 4 is 51.2 Å². The standard InChI is InChI=1S/C38H40ClN3O8/c1-36(2,3)49-34(45)38(35(46)50-37(4,5)6,18-19-42-33(44)28-9-7-8-10-29(28)40-41-42)23-30(43)32-22-25-21-27(15-16-31(25)48-32)47-20-17-24-11-13-26(39)14-12-24/h7-16,21-22H,17-20,23H2,1-6H3. The summed E-state index contributed by atoms with van der Waals surface area (Å²) in [5.74, 6) is -2.08. The molecule has 0 N–H and O–H groups in total. The molecule has 0 aliphatic carbocycles. The molecule has 0 spiro atoms. The Morgan fingerprint density at radius 1 is 0.860 bits per heavy atom. The molecule has 12 heteroatoms. The van der Waals surface area contributed by atoms with Crippen molar-refractivity contribution in [3.63, 3.8) is 0 Å². The molecule has 2 aromatic heterocycles. The van der Waals surface area contributed by atoms with Crippen molar-refractivity contribution in [3.05, 3.63) is 99.5 Å². The van der Waals surface area contributed by atoms with Gasteiger partial charge in [0.25, 0.3) is 5.56 Å². The number of furan rings is 1. The van der Waals surface area contributed by atoms with Crippen LogP contribution in [0.15, 0.2) is 82.0 Å². The lowest BCUT2D eigenvalue weighted by Crippen LogP contribution is -2.49. The molecule has 0 saturated carbocycles. The fourth-order valence-corrected chi connectivity index (χ4v) is 5.41. The van der Waals surface area contributed by atoms with E-state index in [9.17, 15) is 19.2 Å². The minimum Gasteiger partial charge on any atom is -0.493 e. The lowest BCUT2D eigenvalue weighted by Gasteiger charge is -2.34. The summed E-state index contributed by atoms with van der Waals surface area (Å²) in [6, 6.07) is 20.9. The summed E-state index contributed by atoms with van der Waals surface area (Å²) in [5.41, 5.74) is -2.78. The first kappa shape index (κ1) is 36.3. The Morgan fingerprint density at radius 3 is 2.18 bits per heavy atom. The van der Waals surface area contributed by atoms with Gasteiger partial charge in [-0.1, -0.05) is 41.1 Å². The van der Waals surface area contributed by atoms with Gasteiger partial charge in [0.15, 0.2) is 17.0 Å².